The molecule has 1 aromatic carbocycles. The van der Waals surface area contributed by atoms with Crippen LogP contribution in [0.15, 0.2) is 30.5 Å². The highest BCUT2D eigenvalue weighted by Gasteiger charge is 2.13. The maximum absolute atomic E-state index is 10.9. The van der Waals surface area contributed by atoms with Gasteiger partial charge in [0.05, 0.1) is 21.4 Å². The van der Waals surface area contributed by atoms with Crippen LogP contribution in [0.3, 0.4) is 0 Å². The molecule has 0 bridgehead atoms. The minimum absolute atomic E-state index is 0.0440. The highest BCUT2D eigenvalue weighted by Crippen LogP contribution is 2.26. The number of hydrogen-bond acceptors (Lipinski definition) is 4. The zero-order chi connectivity index (χ0) is 13.0. The van der Waals surface area contributed by atoms with Gasteiger partial charge in [-0.15, -0.1) is 0 Å². The molecule has 18 heavy (non-hydrogen) atoms. The number of benzene rings is 1. The summed E-state index contributed by atoms with van der Waals surface area (Å²) in [5.74, 6) is 5.85. The van der Waals surface area contributed by atoms with Gasteiger partial charge in [0.2, 0.25) is 0 Å². The number of non-ortho nitro benzene ring substituents is 1. The van der Waals surface area contributed by atoms with Crippen molar-refractivity contribution in [1.82, 2.24) is 4.98 Å². The van der Waals surface area contributed by atoms with Crippen LogP contribution in [0.1, 0.15) is 12.0 Å². The Kier molecular flexibility index (Phi) is 3.51. The predicted octanol–water partition coefficient (Wildman–Crippen LogP) is 1.84. The third-order valence-electron chi connectivity index (χ3n) is 2.44. The number of nitro benzene ring substituents is 1. The van der Waals surface area contributed by atoms with Gasteiger partial charge in [-0.05, 0) is 18.2 Å². The minimum Gasteiger partial charge on any atom is -0.330 e. The van der Waals surface area contributed by atoms with Gasteiger partial charge in [-0.25, -0.2) is 0 Å². The van der Waals surface area contributed by atoms with Crippen molar-refractivity contribution in [2.24, 2.45) is 5.73 Å². The molecule has 5 heteroatoms. The Bertz CT molecular complexity index is 656. The molecule has 2 aromatic rings. The van der Waals surface area contributed by atoms with Crippen LogP contribution in [0, 0.1) is 22.0 Å². The Balaban J connectivity index is 2.62. The quantitative estimate of drug-likeness (QED) is 0.494. The molecule has 90 valence electrons. The van der Waals surface area contributed by atoms with E-state index in [1.54, 1.807) is 24.4 Å². The van der Waals surface area contributed by atoms with Gasteiger partial charge in [-0.2, -0.15) is 0 Å². The van der Waals surface area contributed by atoms with Gasteiger partial charge in [-0.3, -0.25) is 15.1 Å². The van der Waals surface area contributed by atoms with Crippen molar-refractivity contribution in [2.45, 2.75) is 6.42 Å². The van der Waals surface area contributed by atoms with E-state index < -0.39 is 4.92 Å². The average Bonchev–Trinajstić information content (AvgIpc) is 2.38. The molecule has 0 amide bonds. The fourth-order valence-corrected chi connectivity index (χ4v) is 1.65. The van der Waals surface area contributed by atoms with E-state index in [0.717, 1.165) is 0 Å². The van der Waals surface area contributed by atoms with Gasteiger partial charge in [0.1, 0.15) is 0 Å². The molecule has 0 aliphatic heterocycles. The summed E-state index contributed by atoms with van der Waals surface area (Å²) in [7, 11) is 0. The highest BCUT2D eigenvalue weighted by molar-refractivity contribution is 5.92. The number of aromatic nitrogens is 1. The smallest absolute Gasteiger partial charge is 0.278 e. The van der Waals surface area contributed by atoms with E-state index in [-0.39, 0.29) is 5.69 Å². The Morgan fingerprint density at radius 2 is 2.22 bits per heavy atom. The lowest BCUT2D eigenvalue weighted by molar-refractivity contribution is -0.383. The first-order valence-corrected chi connectivity index (χ1v) is 5.45. The molecular weight excluding hydrogens is 230 g/mol. The first kappa shape index (κ1) is 12.0. The monoisotopic (exact) mass is 241 g/mol. The molecule has 0 atom stereocenters. The lowest BCUT2D eigenvalue weighted by atomic mass is 10.1. The molecule has 0 spiro atoms. The zero-order valence-corrected chi connectivity index (χ0v) is 9.59. The molecule has 0 radical (unpaired) electrons. The molecule has 2 N–H and O–H groups in total. The molecule has 0 saturated carbocycles. The number of nitrogens with zero attached hydrogens (tertiary/aromatic N) is 2. The standard InChI is InChI=1S/C13H11N3O2/c14-8-2-1-4-10-6-7-12(16(17)18)11-5-3-9-15-13(10)11/h3,5-7,9H,2,8,14H2. The van der Waals surface area contributed by atoms with Gasteiger partial charge >= 0.3 is 0 Å². The summed E-state index contributed by atoms with van der Waals surface area (Å²) in [4.78, 5) is 14.7. The van der Waals surface area contributed by atoms with Gasteiger partial charge < -0.3 is 5.73 Å². The minimum atomic E-state index is -0.416. The lowest BCUT2D eigenvalue weighted by Crippen LogP contribution is -1.96. The average molecular weight is 241 g/mol. The summed E-state index contributed by atoms with van der Waals surface area (Å²) in [6.07, 6.45) is 2.19. The van der Waals surface area contributed by atoms with Crippen molar-refractivity contribution in [1.29, 1.82) is 0 Å². The first-order valence-electron chi connectivity index (χ1n) is 5.45. The van der Waals surface area contributed by atoms with Crippen LogP contribution in [0.25, 0.3) is 10.9 Å². The molecule has 0 saturated heterocycles. The maximum Gasteiger partial charge on any atom is 0.278 e. The highest BCUT2D eigenvalue weighted by atomic mass is 16.6. The molecular formula is C13H11N3O2. The molecule has 1 aromatic heterocycles. The molecule has 2 rings (SSSR count). The molecule has 5 nitrogen and oxygen atoms in total. The fourth-order valence-electron chi connectivity index (χ4n) is 1.65. The third kappa shape index (κ3) is 2.29. The second-order valence-corrected chi connectivity index (χ2v) is 3.63. The maximum atomic E-state index is 10.9. The van der Waals surface area contributed by atoms with E-state index in [0.29, 0.717) is 29.4 Å². The largest absolute Gasteiger partial charge is 0.330 e. The Labute approximate surface area is 104 Å². The molecule has 0 aliphatic rings. The Morgan fingerprint density at radius 3 is 2.94 bits per heavy atom. The number of rotatable bonds is 2. The molecule has 0 fully saturated rings. The van der Waals surface area contributed by atoms with Crippen LogP contribution < -0.4 is 5.73 Å². The first-order chi connectivity index (χ1) is 8.74. The van der Waals surface area contributed by atoms with Crippen LogP contribution in [0.2, 0.25) is 0 Å². The van der Waals surface area contributed by atoms with Crippen molar-refractivity contribution in [3.05, 3.63) is 46.1 Å². The Morgan fingerprint density at radius 1 is 1.39 bits per heavy atom. The number of nitro groups is 1. The van der Waals surface area contributed by atoms with Crippen molar-refractivity contribution in [2.75, 3.05) is 6.54 Å². The number of pyridine rings is 1. The summed E-state index contributed by atoms with van der Waals surface area (Å²) >= 11 is 0. The third-order valence-corrected chi connectivity index (χ3v) is 2.44. The van der Waals surface area contributed by atoms with E-state index in [4.69, 9.17) is 5.73 Å². The van der Waals surface area contributed by atoms with Crippen LogP contribution >= 0.6 is 0 Å². The number of nitrogens with two attached hydrogens (primary N) is 1. The topological polar surface area (TPSA) is 82.0 Å². The van der Waals surface area contributed by atoms with Crippen molar-refractivity contribution >= 4 is 16.6 Å². The fraction of sp³-hybridized carbons (Fsp3) is 0.154. The van der Waals surface area contributed by atoms with E-state index in [9.17, 15) is 10.1 Å². The van der Waals surface area contributed by atoms with E-state index in [1.807, 2.05) is 0 Å². The summed E-state index contributed by atoms with van der Waals surface area (Å²) in [5.41, 5.74) is 6.64. The van der Waals surface area contributed by atoms with Crippen molar-refractivity contribution in [3.8, 4) is 11.8 Å². The van der Waals surface area contributed by atoms with Crippen LogP contribution in [0.5, 0.6) is 0 Å². The zero-order valence-electron chi connectivity index (χ0n) is 9.59. The van der Waals surface area contributed by atoms with Gasteiger partial charge in [0, 0.05) is 25.2 Å². The number of hydrogen-bond donors (Lipinski definition) is 1. The molecule has 1 heterocycles. The van der Waals surface area contributed by atoms with Crippen LogP contribution in [-0.2, 0) is 0 Å². The summed E-state index contributed by atoms with van der Waals surface area (Å²) in [6, 6.07) is 6.43. The normalized spacial score (nSPS) is 9.83. The van der Waals surface area contributed by atoms with Gasteiger partial charge in [-0.1, -0.05) is 11.8 Å². The predicted molar refractivity (Wildman–Crippen MR) is 68.9 cm³/mol. The lowest BCUT2D eigenvalue weighted by Gasteiger charge is -2.00. The summed E-state index contributed by atoms with van der Waals surface area (Å²) in [5, 5.41) is 11.4. The van der Waals surface area contributed by atoms with Crippen LogP contribution in [0.4, 0.5) is 5.69 Å². The summed E-state index contributed by atoms with van der Waals surface area (Å²) < 4.78 is 0. The van der Waals surface area contributed by atoms with Crippen molar-refractivity contribution in [3.63, 3.8) is 0 Å². The van der Waals surface area contributed by atoms with E-state index in [2.05, 4.69) is 16.8 Å². The SMILES string of the molecule is NCCC#Cc1ccc([N+](=O)[O-])c2cccnc12. The number of fused-ring (bicyclic) bond motifs is 1. The van der Waals surface area contributed by atoms with E-state index >= 15 is 0 Å². The van der Waals surface area contributed by atoms with Gasteiger partial charge in [0.25, 0.3) is 5.69 Å². The van der Waals surface area contributed by atoms with Crippen molar-refractivity contribution < 1.29 is 4.92 Å². The second-order valence-electron chi connectivity index (χ2n) is 3.63. The Hall–Kier alpha value is -2.45. The van der Waals surface area contributed by atoms with Crippen LogP contribution in [-0.4, -0.2) is 16.5 Å². The molecule has 0 unspecified atom stereocenters. The van der Waals surface area contributed by atoms with Gasteiger partial charge in [0.15, 0.2) is 0 Å². The summed E-state index contributed by atoms with van der Waals surface area (Å²) in [6.45, 7) is 0.491. The molecule has 0 aliphatic carbocycles. The second kappa shape index (κ2) is 5.25. The van der Waals surface area contributed by atoms with E-state index in [1.165, 1.54) is 6.07 Å².